The van der Waals surface area contributed by atoms with Crippen molar-refractivity contribution < 1.29 is 9.59 Å². The van der Waals surface area contributed by atoms with Gasteiger partial charge < -0.3 is 10.2 Å². The van der Waals surface area contributed by atoms with E-state index < -0.39 is 0 Å². The molecule has 1 aliphatic rings. The molecule has 4 nitrogen and oxygen atoms in total. The van der Waals surface area contributed by atoms with Crippen LogP contribution in [-0.2, 0) is 9.59 Å². The Morgan fingerprint density at radius 1 is 1.17 bits per heavy atom. The van der Waals surface area contributed by atoms with Gasteiger partial charge in [0, 0.05) is 44.4 Å². The number of hydrogen-bond acceptors (Lipinski definition) is 3. The van der Waals surface area contributed by atoms with Crippen LogP contribution in [0.1, 0.15) is 79.6 Å². The van der Waals surface area contributed by atoms with Crippen molar-refractivity contribution in [2.45, 2.75) is 91.6 Å². The summed E-state index contributed by atoms with van der Waals surface area (Å²) >= 11 is 0. The van der Waals surface area contributed by atoms with Crippen LogP contribution < -0.4 is 5.32 Å². The van der Waals surface area contributed by atoms with Crippen LogP contribution in [0, 0.1) is 11.8 Å². The van der Waals surface area contributed by atoms with E-state index in [-0.39, 0.29) is 5.91 Å². The highest BCUT2D eigenvalue weighted by atomic mass is 16.2. The number of hydrogen-bond donors (Lipinski definition) is 1. The summed E-state index contributed by atoms with van der Waals surface area (Å²) in [6, 6.07) is 0.736. The minimum absolute atomic E-state index is 0.241. The molecule has 0 saturated carbocycles. The van der Waals surface area contributed by atoms with E-state index in [1.807, 2.05) is 4.90 Å². The number of Topliss-reactive ketones (excluding diaryl/α,β-unsaturated/α-hetero) is 1. The van der Waals surface area contributed by atoms with E-state index in [1.165, 1.54) is 0 Å². The van der Waals surface area contributed by atoms with Gasteiger partial charge in [-0.3, -0.25) is 9.59 Å². The van der Waals surface area contributed by atoms with Crippen molar-refractivity contribution in [2.24, 2.45) is 11.8 Å². The fourth-order valence-electron chi connectivity index (χ4n) is 3.60. The van der Waals surface area contributed by atoms with E-state index in [2.05, 4.69) is 39.9 Å². The molecule has 0 aliphatic carbocycles. The normalized spacial score (nSPS) is 21.0. The molecule has 1 amide bonds. The Balaban J connectivity index is 2.39. The summed E-state index contributed by atoms with van der Waals surface area (Å²) in [6.45, 7) is 12.2. The SMILES string of the molecule is CCC1CC(CC(=O)CCCC(C)C)CN1C(=O)CCNC(C)C. The van der Waals surface area contributed by atoms with Gasteiger partial charge in [-0.05, 0) is 31.1 Å². The molecule has 2 unspecified atom stereocenters. The predicted molar refractivity (Wildman–Crippen MR) is 100.0 cm³/mol. The van der Waals surface area contributed by atoms with Gasteiger partial charge in [-0.2, -0.15) is 0 Å². The van der Waals surface area contributed by atoms with Gasteiger partial charge >= 0.3 is 0 Å². The van der Waals surface area contributed by atoms with Gasteiger partial charge in [-0.25, -0.2) is 0 Å². The van der Waals surface area contributed by atoms with Crippen LogP contribution in [-0.4, -0.2) is 41.8 Å². The van der Waals surface area contributed by atoms with E-state index in [1.54, 1.807) is 0 Å². The van der Waals surface area contributed by atoms with Crippen molar-refractivity contribution in [1.82, 2.24) is 10.2 Å². The number of ketones is 1. The standard InChI is InChI=1S/C20H38N2O2/c1-6-18-12-17(13-19(23)9-7-8-15(2)3)14-22(18)20(24)10-11-21-16(4)5/h15-18,21H,6-14H2,1-5H3. The highest BCUT2D eigenvalue weighted by molar-refractivity contribution is 5.79. The summed E-state index contributed by atoms with van der Waals surface area (Å²) < 4.78 is 0. The molecule has 2 atom stereocenters. The zero-order valence-corrected chi connectivity index (χ0v) is 16.4. The second-order valence-corrected chi connectivity index (χ2v) is 8.10. The van der Waals surface area contributed by atoms with Crippen LogP contribution in [0.25, 0.3) is 0 Å². The predicted octanol–water partition coefficient (Wildman–Crippen LogP) is 3.79. The van der Waals surface area contributed by atoms with Crippen LogP contribution >= 0.6 is 0 Å². The second kappa shape index (κ2) is 10.9. The topological polar surface area (TPSA) is 49.4 Å². The van der Waals surface area contributed by atoms with Crippen molar-refractivity contribution in [2.75, 3.05) is 13.1 Å². The number of carbonyl (C=O) groups is 2. The quantitative estimate of drug-likeness (QED) is 0.623. The lowest BCUT2D eigenvalue weighted by Crippen LogP contribution is -2.37. The molecule has 1 fully saturated rings. The first-order valence-electron chi connectivity index (χ1n) is 9.88. The molecule has 0 aromatic heterocycles. The van der Waals surface area contributed by atoms with Gasteiger partial charge in [-0.1, -0.05) is 41.0 Å². The van der Waals surface area contributed by atoms with Crippen molar-refractivity contribution in [3.05, 3.63) is 0 Å². The van der Waals surface area contributed by atoms with E-state index >= 15 is 0 Å². The number of rotatable bonds is 11. The molecule has 0 aromatic rings. The second-order valence-electron chi connectivity index (χ2n) is 8.10. The molecule has 4 heteroatoms. The van der Waals surface area contributed by atoms with Crippen LogP contribution in [0.4, 0.5) is 0 Å². The van der Waals surface area contributed by atoms with Crippen molar-refractivity contribution >= 4 is 11.7 Å². The maximum Gasteiger partial charge on any atom is 0.224 e. The van der Waals surface area contributed by atoms with Gasteiger partial charge in [0.25, 0.3) is 0 Å². The van der Waals surface area contributed by atoms with Gasteiger partial charge in [0.05, 0.1) is 0 Å². The fraction of sp³-hybridized carbons (Fsp3) is 0.900. The van der Waals surface area contributed by atoms with Crippen LogP contribution in [0.2, 0.25) is 0 Å². The Morgan fingerprint density at radius 3 is 2.46 bits per heavy atom. The van der Waals surface area contributed by atoms with Crippen LogP contribution in [0.15, 0.2) is 0 Å². The first kappa shape index (κ1) is 21.1. The minimum atomic E-state index is 0.241. The lowest BCUT2D eigenvalue weighted by molar-refractivity contribution is -0.132. The highest BCUT2D eigenvalue weighted by Crippen LogP contribution is 2.29. The molecule has 1 rings (SSSR count). The monoisotopic (exact) mass is 338 g/mol. The van der Waals surface area contributed by atoms with E-state index in [9.17, 15) is 9.59 Å². The third kappa shape index (κ3) is 7.78. The molecule has 0 bridgehead atoms. The van der Waals surface area contributed by atoms with E-state index in [0.29, 0.717) is 49.0 Å². The first-order valence-corrected chi connectivity index (χ1v) is 9.88. The number of amides is 1. The highest BCUT2D eigenvalue weighted by Gasteiger charge is 2.34. The Morgan fingerprint density at radius 2 is 1.88 bits per heavy atom. The third-order valence-electron chi connectivity index (χ3n) is 4.94. The van der Waals surface area contributed by atoms with E-state index in [0.717, 1.165) is 38.8 Å². The molecule has 140 valence electrons. The summed E-state index contributed by atoms with van der Waals surface area (Å²) in [5.41, 5.74) is 0. The zero-order chi connectivity index (χ0) is 18.1. The number of nitrogens with zero attached hydrogens (tertiary/aromatic N) is 1. The van der Waals surface area contributed by atoms with Gasteiger partial charge in [0.15, 0.2) is 0 Å². The van der Waals surface area contributed by atoms with Crippen LogP contribution in [0.5, 0.6) is 0 Å². The van der Waals surface area contributed by atoms with Gasteiger partial charge in [0.1, 0.15) is 5.78 Å². The van der Waals surface area contributed by atoms with E-state index in [4.69, 9.17) is 0 Å². The Labute approximate surface area is 148 Å². The molecule has 0 spiro atoms. The van der Waals surface area contributed by atoms with Crippen LogP contribution in [0.3, 0.4) is 0 Å². The molecule has 1 N–H and O–H groups in total. The Kier molecular flexibility index (Phi) is 9.57. The largest absolute Gasteiger partial charge is 0.339 e. The lowest BCUT2D eigenvalue weighted by Gasteiger charge is -2.24. The molecule has 1 heterocycles. The number of likely N-dealkylation sites (tertiary alicyclic amines) is 1. The Hall–Kier alpha value is -0.900. The number of carbonyl (C=O) groups excluding carboxylic acids is 2. The maximum atomic E-state index is 12.5. The summed E-state index contributed by atoms with van der Waals surface area (Å²) in [5, 5.41) is 3.31. The average molecular weight is 339 g/mol. The summed E-state index contributed by atoms with van der Waals surface area (Å²) in [4.78, 5) is 26.7. The fourth-order valence-corrected chi connectivity index (χ4v) is 3.60. The average Bonchev–Trinajstić information content (AvgIpc) is 2.89. The lowest BCUT2D eigenvalue weighted by atomic mass is 9.95. The van der Waals surface area contributed by atoms with Gasteiger partial charge in [0.2, 0.25) is 5.91 Å². The summed E-state index contributed by atoms with van der Waals surface area (Å²) in [6.07, 6.45) is 6.03. The number of nitrogens with one attached hydrogen (secondary N) is 1. The molecular formula is C20H38N2O2. The minimum Gasteiger partial charge on any atom is -0.339 e. The van der Waals surface area contributed by atoms with Crippen molar-refractivity contribution in [3.63, 3.8) is 0 Å². The molecule has 1 saturated heterocycles. The van der Waals surface area contributed by atoms with Crippen molar-refractivity contribution in [3.8, 4) is 0 Å². The molecule has 0 aromatic carbocycles. The molecular weight excluding hydrogens is 300 g/mol. The molecule has 1 aliphatic heterocycles. The summed E-state index contributed by atoms with van der Waals surface area (Å²) in [5.74, 6) is 1.65. The van der Waals surface area contributed by atoms with Crippen molar-refractivity contribution in [1.29, 1.82) is 0 Å². The summed E-state index contributed by atoms with van der Waals surface area (Å²) in [7, 11) is 0. The zero-order valence-electron chi connectivity index (χ0n) is 16.4. The maximum absolute atomic E-state index is 12.5. The third-order valence-corrected chi connectivity index (χ3v) is 4.94. The first-order chi connectivity index (χ1) is 11.3. The Bertz CT molecular complexity index is 393. The van der Waals surface area contributed by atoms with Gasteiger partial charge in [-0.15, -0.1) is 0 Å². The molecule has 0 radical (unpaired) electrons. The smallest absolute Gasteiger partial charge is 0.224 e. The molecule has 24 heavy (non-hydrogen) atoms.